The van der Waals surface area contributed by atoms with E-state index < -0.39 is 0 Å². The Morgan fingerprint density at radius 2 is 1.79 bits per heavy atom. The van der Waals surface area contributed by atoms with Crippen molar-refractivity contribution in [2.24, 2.45) is 0 Å². The van der Waals surface area contributed by atoms with Gasteiger partial charge in [0.05, 0.1) is 5.70 Å². The van der Waals surface area contributed by atoms with Gasteiger partial charge in [-0.2, -0.15) is 5.10 Å². The molecule has 0 aliphatic heterocycles. The van der Waals surface area contributed by atoms with Crippen molar-refractivity contribution in [2.45, 2.75) is 64.4 Å². The van der Waals surface area contributed by atoms with Gasteiger partial charge in [-0.3, -0.25) is 9.78 Å². The van der Waals surface area contributed by atoms with E-state index in [4.69, 9.17) is 4.74 Å². The van der Waals surface area contributed by atoms with E-state index in [2.05, 4.69) is 44.5 Å². The predicted octanol–water partition coefficient (Wildman–Crippen LogP) is 2.53. The number of aromatic amines is 2. The van der Waals surface area contributed by atoms with Gasteiger partial charge in [0.25, 0.3) is 5.91 Å². The molecule has 0 saturated heterocycles. The summed E-state index contributed by atoms with van der Waals surface area (Å²) in [5, 5.41) is 11.7. The molecule has 1 heterocycles. The van der Waals surface area contributed by atoms with Gasteiger partial charge in [0, 0.05) is 20.2 Å². The molecule has 1 rings (SSSR count). The normalized spacial score (nSPS) is 11.0. The van der Waals surface area contributed by atoms with Crippen LogP contribution in [0.5, 0.6) is 0 Å². The zero-order chi connectivity index (χ0) is 20.5. The van der Waals surface area contributed by atoms with Crippen molar-refractivity contribution in [3.05, 3.63) is 40.7 Å². The number of carbonyl (C=O) groups excluding carboxylic acids is 1. The summed E-state index contributed by atoms with van der Waals surface area (Å²) < 4.78 is 5.47. The Labute approximate surface area is 167 Å². The van der Waals surface area contributed by atoms with Crippen LogP contribution in [0.25, 0.3) is 0 Å². The van der Waals surface area contributed by atoms with Gasteiger partial charge in [0.15, 0.2) is 5.82 Å². The molecule has 0 aliphatic rings. The van der Waals surface area contributed by atoms with Crippen molar-refractivity contribution < 1.29 is 9.53 Å². The lowest BCUT2D eigenvalue weighted by molar-refractivity contribution is -0.117. The molecule has 158 valence electrons. The molecule has 0 spiro atoms. The van der Waals surface area contributed by atoms with Gasteiger partial charge < -0.3 is 15.4 Å². The Morgan fingerprint density at radius 1 is 1.11 bits per heavy atom. The fourth-order valence-corrected chi connectivity index (χ4v) is 2.58. The van der Waals surface area contributed by atoms with Gasteiger partial charge in [-0.25, -0.2) is 9.89 Å². The van der Waals surface area contributed by atoms with Gasteiger partial charge in [0.2, 0.25) is 0 Å². The largest absolute Gasteiger partial charge is 0.384 e. The van der Waals surface area contributed by atoms with Gasteiger partial charge in [0.1, 0.15) is 6.61 Å². The summed E-state index contributed by atoms with van der Waals surface area (Å²) >= 11 is 0. The Kier molecular flexibility index (Phi) is 13.3. The molecule has 0 bridgehead atoms. The molecule has 8 heteroatoms. The number of carbonyl (C=O) groups is 1. The summed E-state index contributed by atoms with van der Waals surface area (Å²) in [6, 6.07) is 0. The summed E-state index contributed by atoms with van der Waals surface area (Å²) in [5.41, 5.74) is 0.104. The number of rotatable bonds is 17. The van der Waals surface area contributed by atoms with E-state index in [0.717, 1.165) is 38.5 Å². The van der Waals surface area contributed by atoms with Crippen molar-refractivity contribution in [1.29, 1.82) is 0 Å². The van der Waals surface area contributed by atoms with Crippen LogP contribution in [0.1, 0.15) is 63.6 Å². The van der Waals surface area contributed by atoms with Gasteiger partial charge in [-0.15, -0.1) is 0 Å². The van der Waals surface area contributed by atoms with Crippen LogP contribution in [0.15, 0.2) is 29.2 Å². The summed E-state index contributed by atoms with van der Waals surface area (Å²) in [4.78, 5) is 24.9. The second-order valence-corrected chi connectivity index (χ2v) is 6.69. The number of aromatic nitrogens is 3. The Bertz CT molecular complexity index is 636. The van der Waals surface area contributed by atoms with Gasteiger partial charge in [-0.1, -0.05) is 38.0 Å². The van der Waals surface area contributed by atoms with Crippen LogP contribution in [0.2, 0.25) is 0 Å². The SMILES string of the molecule is C=C(NC)C(=O)NCCCC/C=C\CCCCCCCOCc1n[nH]c(=O)[nH]1. The maximum Gasteiger partial charge on any atom is 0.340 e. The summed E-state index contributed by atoms with van der Waals surface area (Å²) in [6.07, 6.45) is 14.6. The van der Waals surface area contributed by atoms with E-state index in [0.29, 0.717) is 31.3 Å². The fourth-order valence-electron chi connectivity index (χ4n) is 2.58. The first-order chi connectivity index (χ1) is 13.6. The molecule has 4 N–H and O–H groups in total. The zero-order valence-electron chi connectivity index (χ0n) is 17.0. The van der Waals surface area contributed by atoms with Crippen molar-refractivity contribution in [3.63, 3.8) is 0 Å². The molecule has 0 aromatic carbocycles. The minimum absolute atomic E-state index is 0.126. The number of allylic oxidation sites excluding steroid dienone is 2. The minimum Gasteiger partial charge on any atom is -0.384 e. The second kappa shape index (κ2) is 15.7. The molecule has 28 heavy (non-hydrogen) atoms. The lowest BCUT2D eigenvalue weighted by atomic mass is 10.1. The number of unbranched alkanes of at least 4 members (excludes halogenated alkanes) is 7. The molecule has 0 fully saturated rings. The van der Waals surface area contributed by atoms with Crippen LogP contribution in [0.3, 0.4) is 0 Å². The molecule has 1 aromatic heterocycles. The number of nitrogens with zero attached hydrogens (tertiary/aromatic N) is 1. The standard InChI is InChI=1S/C20H35N5O3/c1-17(21-2)19(26)22-14-12-10-8-6-4-3-5-7-9-11-13-15-28-16-18-23-20(27)25-24-18/h4,6,21H,1,3,5,7-16H2,2H3,(H,22,26)(H2,23,24,25,27)/b6-4-. The van der Waals surface area contributed by atoms with Crippen LogP contribution in [0, 0.1) is 0 Å². The number of nitrogens with one attached hydrogen (secondary N) is 4. The second-order valence-electron chi connectivity index (χ2n) is 6.69. The van der Waals surface area contributed by atoms with E-state index in [-0.39, 0.29) is 11.6 Å². The van der Waals surface area contributed by atoms with E-state index in [1.807, 2.05) is 0 Å². The van der Waals surface area contributed by atoms with Crippen molar-refractivity contribution in [3.8, 4) is 0 Å². The number of ether oxygens (including phenoxy) is 1. The molecule has 0 unspecified atom stereocenters. The third-order valence-electron chi connectivity index (χ3n) is 4.27. The maximum atomic E-state index is 11.5. The van der Waals surface area contributed by atoms with Crippen molar-refractivity contribution in [2.75, 3.05) is 20.2 Å². The predicted molar refractivity (Wildman–Crippen MR) is 111 cm³/mol. The molecule has 8 nitrogen and oxygen atoms in total. The highest BCUT2D eigenvalue weighted by Crippen LogP contribution is 2.07. The number of H-pyrrole nitrogens is 2. The first-order valence-corrected chi connectivity index (χ1v) is 10.1. The van der Waals surface area contributed by atoms with Crippen LogP contribution in [0.4, 0.5) is 0 Å². The Balaban J connectivity index is 1.80. The Morgan fingerprint density at radius 3 is 2.46 bits per heavy atom. The molecular formula is C20H35N5O3. The van der Waals surface area contributed by atoms with Crippen LogP contribution >= 0.6 is 0 Å². The third-order valence-corrected chi connectivity index (χ3v) is 4.27. The summed E-state index contributed by atoms with van der Waals surface area (Å²) in [6.45, 7) is 5.35. The highest BCUT2D eigenvalue weighted by Gasteiger charge is 2.02. The van der Waals surface area contributed by atoms with Crippen LogP contribution in [-0.2, 0) is 16.1 Å². The molecule has 0 radical (unpaired) electrons. The first-order valence-electron chi connectivity index (χ1n) is 10.1. The first kappa shape index (κ1) is 23.7. The zero-order valence-corrected chi connectivity index (χ0v) is 17.0. The number of hydrogen-bond donors (Lipinski definition) is 4. The molecule has 1 amide bonds. The molecule has 0 aliphatic carbocycles. The lowest BCUT2D eigenvalue weighted by Gasteiger charge is -2.06. The smallest absolute Gasteiger partial charge is 0.340 e. The number of likely N-dealkylation sites (N-methyl/N-ethyl adjacent to an activating group) is 1. The third kappa shape index (κ3) is 12.1. The molecular weight excluding hydrogens is 358 g/mol. The molecule has 0 saturated carbocycles. The quantitative estimate of drug-likeness (QED) is 0.185. The maximum absolute atomic E-state index is 11.5. The highest BCUT2D eigenvalue weighted by atomic mass is 16.5. The van der Waals surface area contributed by atoms with E-state index in [1.54, 1.807) is 7.05 Å². The summed E-state index contributed by atoms with van der Waals surface area (Å²) in [7, 11) is 1.69. The average molecular weight is 394 g/mol. The van der Waals surface area contributed by atoms with E-state index in [9.17, 15) is 9.59 Å². The summed E-state index contributed by atoms with van der Waals surface area (Å²) in [5.74, 6) is 0.417. The van der Waals surface area contributed by atoms with Gasteiger partial charge >= 0.3 is 5.69 Å². The monoisotopic (exact) mass is 393 g/mol. The van der Waals surface area contributed by atoms with E-state index >= 15 is 0 Å². The molecule has 1 aromatic rings. The number of hydrogen-bond acceptors (Lipinski definition) is 5. The average Bonchev–Trinajstić information content (AvgIpc) is 3.11. The molecule has 0 atom stereocenters. The lowest BCUT2D eigenvalue weighted by Crippen LogP contribution is -2.30. The number of amides is 1. The highest BCUT2D eigenvalue weighted by molar-refractivity contribution is 5.91. The van der Waals surface area contributed by atoms with Crippen LogP contribution < -0.4 is 16.3 Å². The Hall–Kier alpha value is -2.35. The minimum atomic E-state index is -0.298. The van der Waals surface area contributed by atoms with Gasteiger partial charge in [-0.05, 0) is 38.5 Å². The van der Waals surface area contributed by atoms with E-state index in [1.165, 1.54) is 19.3 Å². The fraction of sp³-hybridized carbons (Fsp3) is 0.650. The van der Waals surface area contributed by atoms with Crippen LogP contribution in [-0.4, -0.2) is 41.3 Å². The topological polar surface area (TPSA) is 112 Å². The van der Waals surface area contributed by atoms with Crippen molar-refractivity contribution >= 4 is 5.91 Å². The van der Waals surface area contributed by atoms with Crippen molar-refractivity contribution in [1.82, 2.24) is 25.8 Å².